The SMILES string of the molecule is Cc1cccnc1CC(=O)N(C)C1CCCNC1. The summed E-state index contributed by atoms with van der Waals surface area (Å²) in [6.45, 7) is 3.97. The topological polar surface area (TPSA) is 45.2 Å². The van der Waals surface area contributed by atoms with Crippen LogP contribution in [0.1, 0.15) is 24.1 Å². The van der Waals surface area contributed by atoms with Crippen LogP contribution in [0.3, 0.4) is 0 Å². The standard InChI is InChI=1S/C14H21N3O/c1-11-5-3-8-16-13(11)9-14(18)17(2)12-6-4-7-15-10-12/h3,5,8,12,15H,4,6-7,9-10H2,1-2H3. The summed E-state index contributed by atoms with van der Waals surface area (Å²) in [5, 5.41) is 3.34. The molecule has 0 bridgehead atoms. The Balaban J connectivity index is 1.97. The molecule has 1 unspecified atom stereocenters. The van der Waals surface area contributed by atoms with Gasteiger partial charge in [-0.1, -0.05) is 6.07 Å². The fourth-order valence-electron chi connectivity index (χ4n) is 2.34. The predicted molar refractivity (Wildman–Crippen MR) is 71.3 cm³/mol. The number of aryl methyl sites for hydroxylation is 1. The number of pyridine rings is 1. The second-order valence-electron chi connectivity index (χ2n) is 4.95. The number of piperidine rings is 1. The Bertz CT molecular complexity index is 413. The van der Waals surface area contributed by atoms with Crippen molar-refractivity contribution in [1.82, 2.24) is 15.2 Å². The molecule has 0 radical (unpaired) electrons. The summed E-state index contributed by atoms with van der Waals surface area (Å²) in [6.07, 6.45) is 4.39. The molecule has 4 heteroatoms. The number of nitrogens with one attached hydrogen (secondary N) is 1. The van der Waals surface area contributed by atoms with Gasteiger partial charge in [-0.05, 0) is 37.9 Å². The number of amides is 1. The molecule has 0 aliphatic carbocycles. The van der Waals surface area contributed by atoms with Crippen LogP contribution in [-0.2, 0) is 11.2 Å². The fourth-order valence-corrected chi connectivity index (χ4v) is 2.34. The smallest absolute Gasteiger partial charge is 0.228 e. The molecule has 1 fully saturated rings. The molecule has 2 rings (SSSR count). The number of aromatic nitrogens is 1. The van der Waals surface area contributed by atoms with Crippen LogP contribution >= 0.6 is 0 Å². The van der Waals surface area contributed by atoms with E-state index in [1.807, 2.05) is 31.0 Å². The zero-order valence-corrected chi connectivity index (χ0v) is 11.1. The molecule has 1 N–H and O–H groups in total. The van der Waals surface area contributed by atoms with Crippen molar-refractivity contribution in [1.29, 1.82) is 0 Å². The largest absolute Gasteiger partial charge is 0.341 e. The van der Waals surface area contributed by atoms with E-state index in [4.69, 9.17) is 0 Å². The molecule has 0 saturated carbocycles. The molecule has 0 spiro atoms. The van der Waals surface area contributed by atoms with E-state index in [0.717, 1.165) is 37.2 Å². The highest BCUT2D eigenvalue weighted by Crippen LogP contribution is 2.11. The normalized spacial score (nSPS) is 19.6. The molecule has 1 aromatic heterocycles. The molecule has 1 saturated heterocycles. The van der Waals surface area contributed by atoms with Crippen molar-refractivity contribution in [2.45, 2.75) is 32.2 Å². The third-order valence-electron chi connectivity index (χ3n) is 3.65. The maximum absolute atomic E-state index is 12.2. The quantitative estimate of drug-likeness (QED) is 0.871. The third kappa shape index (κ3) is 3.07. The van der Waals surface area contributed by atoms with E-state index in [0.29, 0.717) is 12.5 Å². The van der Waals surface area contributed by atoms with E-state index in [1.54, 1.807) is 6.20 Å². The van der Waals surface area contributed by atoms with E-state index in [9.17, 15) is 4.79 Å². The lowest BCUT2D eigenvalue weighted by Crippen LogP contribution is -2.47. The lowest BCUT2D eigenvalue weighted by molar-refractivity contribution is -0.131. The van der Waals surface area contributed by atoms with Crippen LogP contribution in [0.4, 0.5) is 0 Å². The number of hydrogen-bond acceptors (Lipinski definition) is 3. The molecule has 1 aliphatic rings. The minimum atomic E-state index is 0.158. The van der Waals surface area contributed by atoms with Crippen LogP contribution < -0.4 is 5.32 Å². The van der Waals surface area contributed by atoms with Gasteiger partial charge in [-0.15, -0.1) is 0 Å². The lowest BCUT2D eigenvalue weighted by atomic mass is 10.1. The first-order chi connectivity index (χ1) is 8.68. The summed E-state index contributed by atoms with van der Waals surface area (Å²) in [6, 6.07) is 4.23. The van der Waals surface area contributed by atoms with E-state index >= 15 is 0 Å². The van der Waals surface area contributed by atoms with E-state index in [-0.39, 0.29) is 5.91 Å². The molecule has 18 heavy (non-hydrogen) atoms. The van der Waals surface area contributed by atoms with Gasteiger partial charge in [0.25, 0.3) is 0 Å². The number of carbonyl (C=O) groups excluding carboxylic acids is 1. The van der Waals surface area contributed by atoms with E-state index in [1.165, 1.54) is 0 Å². The molecule has 1 aromatic rings. The van der Waals surface area contributed by atoms with Crippen molar-refractivity contribution in [3.8, 4) is 0 Å². The average molecular weight is 247 g/mol. The van der Waals surface area contributed by atoms with Gasteiger partial charge < -0.3 is 10.2 Å². The number of carbonyl (C=O) groups is 1. The maximum Gasteiger partial charge on any atom is 0.228 e. The minimum absolute atomic E-state index is 0.158. The van der Waals surface area contributed by atoms with Gasteiger partial charge in [-0.2, -0.15) is 0 Å². The van der Waals surface area contributed by atoms with E-state index in [2.05, 4.69) is 10.3 Å². The highest BCUT2D eigenvalue weighted by molar-refractivity contribution is 5.78. The van der Waals surface area contributed by atoms with Crippen molar-refractivity contribution in [2.24, 2.45) is 0 Å². The van der Waals surface area contributed by atoms with Gasteiger partial charge in [0.1, 0.15) is 0 Å². The summed E-state index contributed by atoms with van der Waals surface area (Å²) >= 11 is 0. The van der Waals surface area contributed by atoms with Crippen LogP contribution in [0.2, 0.25) is 0 Å². The van der Waals surface area contributed by atoms with Crippen molar-refractivity contribution in [3.63, 3.8) is 0 Å². The highest BCUT2D eigenvalue weighted by atomic mass is 16.2. The molecular formula is C14H21N3O. The van der Waals surface area contributed by atoms with Crippen molar-refractivity contribution in [3.05, 3.63) is 29.6 Å². The van der Waals surface area contributed by atoms with Crippen LogP contribution in [0.5, 0.6) is 0 Å². The molecule has 1 atom stereocenters. The van der Waals surface area contributed by atoms with Gasteiger partial charge >= 0.3 is 0 Å². The summed E-state index contributed by atoms with van der Waals surface area (Å²) in [4.78, 5) is 18.4. The highest BCUT2D eigenvalue weighted by Gasteiger charge is 2.22. The molecule has 0 aromatic carbocycles. The molecule has 4 nitrogen and oxygen atoms in total. The second-order valence-corrected chi connectivity index (χ2v) is 4.95. The third-order valence-corrected chi connectivity index (χ3v) is 3.65. The zero-order valence-electron chi connectivity index (χ0n) is 11.1. The van der Waals surface area contributed by atoms with Gasteiger partial charge in [0.2, 0.25) is 5.91 Å². The number of rotatable bonds is 3. The Labute approximate surface area is 108 Å². The zero-order chi connectivity index (χ0) is 13.0. The number of likely N-dealkylation sites (N-methyl/N-ethyl adjacent to an activating group) is 1. The molecule has 98 valence electrons. The number of hydrogen-bond donors (Lipinski definition) is 1. The summed E-state index contributed by atoms with van der Waals surface area (Å²) < 4.78 is 0. The molecule has 1 amide bonds. The van der Waals surface area contributed by atoms with Gasteiger partial charge in [0, 0.05) is 25.8 Å². The second kappa shape index (κ2) is 5.96. The van der Waals surface area contributed by atoms with Crippen molar-refractivity contribution >= 4 is 5.91 Å². The minimum Gasteiger partial charge on any atom is -0.341 e. The van der Waals surface area contributed by atoms with Crippen molar-refractivity contribution in [2.75, 3.05) is 20.1 Å². The summed E-state index contributed by atoms with van der Waals surface area (Å²) in [7, 11) is 1.90. The first-order valence-electron chi connectivity index (χ1n) is 6.55. The monoisotopic (exact) mass is 247 g/mol. The van der Waals surface area contributed by atoms with Crippen LogP contribution in [0.25, 0.3) is 0 Å². The Kier molecular flexibility index (Phi) is 4.31. The van der Waals surface area contributed by atoms with Gasteiger partial charge in [0.05, 0.1) is 12.1 Å². The van der Waals surface area contributed by atoms with Crippen LogP contribution in [0.15, 0.2) is 18.3 Å². The molecule has 2 heterocycles. The van der Waals surface area contributed by atoms with Crippen molar-refractivity contribution < 1.29 is 4.79 Å². The van der Waals surface area contributed by atoms with Gasteiger partial charge in [0.15, 0.2) is 0 Å². The Morgan fingerprint density at radius 2 is 2.44 bits per heavy atom. The van der Waals surface area contributed by atoms with Gasteiger partial charge in [-0.25, -0.2) is 0 Å². The average Bonchev–Trinajstić information content (AvgIpc) is 2.41. The van der Waals surface area contributed by atoms with Crippen LogP contribution in [-0.4, -0.2) is 42.0 Å². The number of nitrogens with zero attached hydrogens (tertiary/aromatic N) is 2. The fraction of sp³-hybridized carbons (Fsp3) is 0.571. The summed E-state index contributed by atoms with van der Waals surface area (Å²) in [5.41, 5.74) is 1.97. The Hall–Kier alpha value is -1.42. The first-order valence-corrected chi connectivity index (χ1v) is 6.55. The first kappa shape index (κ1) is 13.0. The van der Waals surface area contributed by atoms with Crippen LogP contribution in [0, 0.1) is 6.92 Å². The lowest BCUT2D eigenvalue weighted by Gasteiger charge is -2.31. The molecular weight excluding hydrogens is 226 g/mol. The maximum atomic E-state index is 12.2. The van der Waals surface area contributed by atoms with E-state index < -0.39 is 0 Å². The van der Waals surface area contributed by atoms with Gasteiger partial charge in [-0.3, -0.25) is 9.78 Å². The predicted octanol–water partition coefficient (Wildman–Crippen LogP) is 1.14. The Morgan fingerprint density at radius 3 is 3.11 bits per heavy atom. The summed E-state index contributed by atoms with van der Waals surface area (Å²) in [5.74, 6) is 0.158. The Morgan fingerprint density at radius 1 is 1.61 bits per heavy atom. The molecule has 1 aliphatic heterocycles.